The second-order valence-corrected chi connectivity index (χ2v) is 6.33. The smallest absolute Gasteiger partial charge is 0.325 e. The lowest BCUT2D eigenvalue weighted by atomic mass is 9.99. The third-order valence-corrected chi connectivity index (χ3v) is 4.80. The van der Waals surface area contributed by atoms with Crippen molar-refractivity contribution in [2.24, 2.45) is 0 Å². The molecule has 3 heterocycles. The Bertz CT molecular complexity index is 625. The zero-order valence-corrected chi connectivity index (χ0v) is 13.9. The van der Waals surface area contributed by atoms with Crippen LogP contribution in [0.1, 0.15) is 31.5 Å². The highest BCUT2D eigenvalue weighted by molar-refractivity contribution is 6.04. The number of carbonyl (C=O) groups excluding carboxylic acids is 3. The molecule has 0 bridgehead atoms. The molecule has 0 radical (unpaired) electrons. The van der Waals surface area contributed by atoms with E-state index in [-0.39, 0.29) is 30.9 Å². The first-order chi connectivity index (χ1) is 11.6. The Morgan fingerprint density at radius 1 is 1.38 bits per heavy atom. The second-order valence-electron chi connectivity index (χ2n) is 6.33. The van der Waals surface area contributed by atoms with E-state index in [1.54, 1.807) is 6.20 Å². The van der Waals surface area contributed by atoms with E-state index in [9.17, 15) is 14.4 Å². The van der Waals surface area contributed by atoms with Crippen LogP contribution in [0.2, 0.25) is 0 Å². The summed E-state index contributed by atoms with van der Waals surface area (Å²) >= 11 is 0. The van der Waals surface area contributed by atoms with Crippen molar-refractivity contribution < 1.29 is 14.4 Å². The number of aromatic nitrogens is 2. The highest BCUT2D eigenvalue weighted by Gasteiger charge is 2.34. The predicted octanol–water partition coefficient (Wildman–Crippen LogP) is 0.515. The van der Waals surface area contributed by atoms with E-state index in [0.29, 0.717) is 6.54 Å². The molecule has 24 heavy (non-hydrogen) atoms. The molecule has 2 aliphatic rings. The van der Waals surface area contributed by atoms with Gasteiger partial charge in [0.2, 0.25) is 5.91 Å². The Hall–Kier alpha value is -2.38. The van der Waals surface area contributed by atoms with Crippen LogP contribution in [0.15, 0.2) is 12.4 Å². The molecule has 0 saturated carbocycles. The summed E-state index contributed by atoms with van der Waals surface area (Å²) in [5, 5.41) is 2.45. The van der Waals surface area contributed by atoms with Gasteiger partial charge in [-0.2, -0.15) is 0 Å². The molecule has 2 aliphatic heterocycles. The Morgan fingerprint density at radius 2 is 2.21 bits per heavy atom. The molecule has 0 aliphatic carbocycles. The van der Waals surface area contributed by atoms with Gasteiger partial charge in [-0.05, 0) is 32.6 Å². The van der Waals surface area contributed by atoms with Gasteiger partial charge < -0.3 is 14.8 Å². The van der Waals surface area contributed by atoms with Crippen molar-refractivity contribution in [3.8, 4) is 0 Å². The van der Waals surface area contributed by atoms with Gasteiger partial charge in [0.1, 0.15) is 12.4 Å². The summed E-state index contributed by atoms with van der Waals surface area (Å²) < 4.78 is 2.08. The molecule has 1 atom stereocenters. The summed E-state index contributed by atoms with van der Waals surface area (Å²) in [6.07, 6.45) is 7.59. The molecule has 0 spiro atoms. The Morgan fingerprint density at radius 3 is 2.88 bits per heavy atom. The van der Waals surface area contributed by atoms with Crippen molar-refractivity contribution >= 4 is 17.8 Å². The Kier molecular flexibility index (Phi) is 4.82. The van der Waals surface area contributed by atoms with Crippen LogP contribution in [0.3, 0.4) is 0 Å². The maximum Gasteiger partial charge on any atom is 0.325 e. The van der Waals surface area contributed by atoms with Crippen molar-refractivity contribution in [1.29, 1.82) is 0 Å². The van der Waals surface area contributed by atoms with E-state index in [4.69, 9.17) is 0 Å². The Labute approximate surface area is 140 Å². The molecule has 0 aromatic carbocycles. The lowest BCUT2D eigenvalue weighted by Gasteiger charge is -2.36. The molecule has 1 unspecified atom stereocenters. The van der Waals surface area contributed by atoms with Crippen molar-refractivity contribution in [3.05, 3.63) is 18.2 Å². The third-order valence-electron chi connectivity index (χ3n) is 4.80. The van der Waals surface area contributed by atoms with Crippen molar-refractivity contribution in [2.75, 3.05) is 19.6 Å². The fourth-order valence-electron chi connectivity index (χ4n) is 3.40. The van der Waals surface area contributed by atoms with Gasteiger partial charge in [-0.1, -0.05) is 0 Å². The topological polar surface area (TPSA) is 87.5 Å². The SMILES string of the molecule is Cc1nccn1CCC1CCCCN1C(=O)CN1C(=O)CNC1=O. The fourth-order valence-corrected chi connectivity index (χ4v) is 3.40. The molecule has 2 fully saturated rings. The fraction of sp³-hybridized carbons (Fsp3) is 0.625. The average molecular weight is 333 g/mol. The highest BCUT2D eigenvalue weighted by Crippen LogP contribution is 2.21. The van der Waals surface area contributed by atoms with E-state index >= 15 is 0 Å². The molecular formula is C16H23N5O3. The number of likely N-dealkylation sites (tertiary alicyclic amines) is 1. The minimum atomic E-state index is -0.476. The van der Waals surface area contributed by atoms with E-state index in [2.05, 4.69) is 14.9 Å². The first-order valence-electron chi connectivity index (χ1n) is 8.41. The normalized spacial score (nSPS) is 21.3. The van der Waals surface area contributed by atoms with E-state index in [1.807, 2.05) is 18.0 Å². The molecule has 1 aromatic rings. The number of nitrogens with zero attached hydrogens (tertiary/aromatic N) is 4. The van der Waals surface area contributed by atoms with Crippen LogP contribution in [-0.4, -0.2) is 62.9 Å². The molecule has 1 N–H and O–H groups in total. The van der Waals surface area contributed by atoms with Crippen LogP contribution in [0, 0.1) is 6.92 Å². The van der Waals surface area contributed by atoms with Crippen LogP contribution >= 0.6 is 0 Å². The molecule has 8 nitrogen and oxygen atoms in total. The number of carbonyl (C=O) groups is 3. The monoisotopic (exact) mass is 333 g/mol. The number of urea groups is 1. The first-order valence-corrected chi connectivity index (χ1v) is 8.41. The van der Waals surface area contributed by atoms with Crippen LogP contribution < -0.4 is 5.32 Å². The number of amides is 4. The van der Waals surface area contributed by atoms with Gasteiger partial charge in [0, 0.05) is 31.5 Å². The lowest BCUT2D eigenvalue weighted by Crippen LogP contribution is -2.49. The summed E-state index contributed by atoms with van der Waals surface area (Å²) in [6, 6.07) is -0.329. The van der Waals surface area contributed by atoms with Crippen molar-refractivity contribution in [2.45, 2.75) is 45.2 Å². The number of imide groups is 1. The molecular weight excluding hydrogens is 310 g/mol. The first kappa shape index (κ1) is 16.5. The van der Waals surface area contributed by atoms with Gasteiger partial charge in [-0.25, -0.2) is 9.78 Å². The number of hydrogen-bond donors (Lipinski definition) is 1. The van der Waals surface area contributed by atoms with Gasteiger partial charge in [0.05, 0.1) is 6.54 Å². The van der Waals surface area contributed by atoms with Crippen LogP contribution in [-0.2, 0) is 16.1 Å². The molecule has 1 aromatic heterocycles. The predicted molar refractivity (Wildman–Crippen MR) is 86.0 cm³/mol. The Balaban J connectivity index is 1.61. The molecule has 4 amide bonds. The summed E-state index contributed by atoms with van der Waals surface area (Å²) in [6.45, 7) is 3.28. The van der Waals surface area contributed by atoms with Gasteiger partial charge in [-0.3, -0.25) is 14.5 Å². The zero-order chi connectivity index (χ0) is 17.1. The number of piperidine rings is 1. The number of imidazole rings is 1. The van der Waals surface area contributed by atoms with Crippen LogP contribution in [0.4, 0.5) is 4.79 Å². The maximum absolute atomic E-state index is 12.6. The van der Waals surface area contributed by atoms with E-state index in [1.165, 1.54) is 0 Å². The van der Waals surface area contributed by atoms with Crippen LogP contribution in [0.5, 0.6) is 0 Å². The van der Waals surface area contributed by atoms with Gasteiger partial charge in [0.15, 0.2) is 0 Å². The van der Waals surface area contributed by atoms with Gasteiger partial charge in [0.25, 0.3) is 5.91 Å². The quantitative estimate of drug-likeness (QED) is 0.796. The van der Waals surface area contributed by atoms with Crippen molar-refractivity contribution in [3.63, 3.8) is 0 Å². The molecule has 3 rings (SSSR count). The van der Waals surface area contributed by atoms with E-state index < -0.39 is 6.03 Å². The van der Waals surface area contributed by atoms with Gasteiger partial charge in [-0.15, -0.1) is 0 Å². The molecule has 8 heteroatoms. The highest BCUT2D eigenvalue weighted by atomic mass is 16.2. The minimum absolute atomic E-state index is 0.0184. The number of nitrogens with one attached hydrogen (secondary N) is 1. The number of rotatable bonds is 5. The van der Waals surface area contributed by atoms with Crippen molar-refractivity contribution in [1.82, 2.24) is 24.7 Å². The lowest BCUT2D eigenvalue weighted by molar-refractivity contribution is -0.139. The summed E-state index contributed by atoms with van der Waals surface area (Å²) in [4.78, 5) is 43.0. The third kappa shape index (κ3) is 3.42. The average Bonchev–Trinajstić information content (AvgIpc) is 3.13. The standard InChI is InChI=1S/C16H23N5O3/c1-12-17-6-9-19(12)8-5-13-4-2-3-7-20(13)15(23)11-21-14(22)10-18-16(21)24/h6,9,13H,2-5,7-8,10-11H2,1H3,(H,18,24). The summed E-state index contributed by atoms with van der Waals surface area (Å²) in [7, 11) is 0. The largest absolute Gasteiger partial charge is 0.338 e. The minimum Gasteiger partial charge on any atom is -0.338 e. The number of hydrogen-bond acceptors (Lipinski definition) is 4. The summed E-state index contributed by atoms with van der Waals surface area (Å²) in [5.41, 5.74) is 0. The second kappa shape index (κ2) is 7.02. The number of aryl methyl sites for hydroxylation is 2. The molecule has 2 saturated heterocycles. The zero-order valence-electron chi connectivity index (χ0n) is 13.9. The van der Waals surface area contributed by atoms with E-state index in [0.717, 1.165) is 43.0 Å². The molecule has 130 valence electrons. The summed E-state index contributed by atoms with van der Waals surface area (Å²) in [5.74, 6) is 0.478. The van der Waals surface area contributed by atoms with Gasteiger partial charge >= 0.3 is 6.03 Å². The van der Waals surface area contributed by atoms with Crippen LogP contribution in [0.25, 0.3) is 0 Å². The maximum atomic E-state index is 12.6.